The molecule has 2 aromatic carbocycles. The van der Waals surface area contributed by atoms with E-state index in [-0.39, 0.29) is 23.5 Å². The van der Waals surface area contributed by atoms with E-state index in [0.717, 1.165) is 12.8 Å². The van der Waals surface area contributed by atoms with Crippen molar-refractivity contribution in [3.63, 3.8) is 0 Å². The lowest BCUT2D eigenvalue weighted by atomic mass is 10.0. The van der Waals surface area contributed by atoms with Crippen LogP contribution in [-0.2, 0) is 4.79 Å². The van der Waals surface area contributed by atoms with Crippen molar-refractivity contribution in [2.45, 2.75) is 18.9 Å². The number of amides is 1. The molecule has 194 valence electrons. The summed E-state index contributed by atoms with van der Waals surface area (Å²) in [7, 11) is 3.50. The summed E-state index contributed by atoms with van der Waals surface area (Å²) in [4.78, 5) is 22.5. The summed E-state index contributed by atoms with van der Waals surface area (Å²) >= 11 is 10.9. The Morgan fingerprint density at radius 2 is 1.81 bits per heavy atom. The van der Waals surface area contributed by atoms with E-state index in [0.29, 0.717) is 51.0 Å². The molecule has 0 bridgehead atoms. The number of aromatic nitrogens is 2. The molecule has 1 amide bonds. The molecule has 4 N–H and O–H groups in total. The van der Waals surface area contributed by atoms with Crippen molar-refractivity contribution < 1.29 is 9.53 Å². The Hall–Kier alpha value is -2.35. The highest BCUT2D eigenvalue weighted by Gasteiger charge is 2.26. The van der Waals surface area contributed by atoms with Gasteiger partial charge in [0.2, 0.25) is 0 Å². The second kappa shape index (κ2) is 14.0. The SMILES string of the molecule is C=C(Br)C(=O)N1CCCC(Nc2ncnc(N)c2C(=N)c2ccc(Oc3ccc(Cl)cc3)cc2)C1.SI. The largest absolute Gasteiger partial charge is 0.457 e. The minimum atomic E-state index is -0.132. The Balaban J connectivity index is 0.00000186. The molecule has 2 heterocycles. The molecule has 1 aliphatic rings. The van der Waals surface area contributed by atoms with E-state index in [1.807, 2.05) is 21.2 Å². The third kappa shape index (κ3) is 7.82. The number of carbonyl (C=O) groups excluding carboxylic acids is 1. The highest BCUT2D eigenvalue weighted by atomic mass is 127. The summed E-state index contributed by atoms with van der Waals surface area (Å²) in [6.07, 6.45) is 3.06. The quantitative estimate of drug-likeness (QED) is 0.0962. The molecular formula is C25H25BrClIN6O2S. The predicted octanol–water partition coefficient (Wildman–Crippen LogP) is 6.50. The number of nitrogens with two attached hydrogens (primary N) is 1. The molecule has 1 fully saturated rings. The van der Waals surface area contributed by atoms with Gasteiger partial charge in [-0.25, -0.2) is 9.97 Å². The standard InChI is InChI=1S/C25H24BrClN6O2.HIS/c1-15(26)25(34)33-12-2-3-18(13-33)32-24-21(23(29)30-14-31-24)22(28)16-4-8-19(9-5-16)35-20-10-6-17(27)7-11-20;1-2/h4-11,14,18,28H,1-3,12-13H2,(H3,29,30,31,32);2H. The first kappa shape index (κ1) is 29.2. The van der Waals surface area contributed by atoms with Crippen LogP contribution >= 0.6 is 58.5 Å². The van der Waals surface area contributed by atoms with Gasteiger partial charge in [0.15, 0.2) is 0 Å². The van der Waals surface area contributed by atoms with Gasteiger partial charge in [0, 0.05) is 29.7 Å². The molecule has 1 atom stereocenters. The molecule has 0 spiro atoms. The number of nitrogens with one attached hydrogen (secondary N) is 2. The number of piperidine rings is 1. The summed E-state index contributed by atoms with van der Waals surface area (Å²) < 4.78 is 6.16. The first-order valence-electron chi connectivity index (χ1n) is 11.1. The van der Waals surface area contributed by atoms with Crippen molar-refractivity contribution in [2.24, 2.45) is 0 Å². The Labute approximate surface area is 246 Å². The molecule has 0 radical (unpaired) electrons. The Kier molecular flexibility index (Phi) is 11.0. The maximum Gasteiger partial charge on any atom is 0.260 e. The topological polar surface area (TPSA) is 117 Å². The van der Waals surface area contributed by atoms with Crippen molar-refractivity contribution in [3.8, 4) is 11.5 Å². The van der Waals surface area contributed by atoms with Gasteiger partial charge in [-0.2, -0.15) is 0 Å². The van der Waals surface area contributed by atoms with Crippen LogP contribution in [0.1, 0.15) is 24.0 Å². The molecule has 1 aliphatic heterocycles. The Morgan fingerprint density at radius 1 is 1.19 bits per heavy atom. The molecule has 12 heteroatoms. The predicted molar refractivity (Wildman–Crippen MR) is 165 cm³/mol. The Morgan fingerprint density at radius 3 is 2.43 bits per heavy atom. The number of benzene rings is 2. The van der Waals surface area contributed by atoms with Gasteiger partial charge in [-0.05, 0) is 98.5 Å². The monoisotopic (exact) mass is 714 g/mol. The van der Waals surface area contributed by atoms with Crippen LogP contribution in [0.5, 0.6) is 11.5 Å². The average molecular weight is 716 g/mol. The van der Waals surface area contributed by atoms with Gasteiger partial charge in [0.1, 0.15) is 29.5 Å². The van der Waals surface area contributed by atoms with Gasteiger partial charge in [-0.15, -0.1) is 9.80 Å². The number of ether oxygens (including phenoxy) is 1. The van der Waals surface area contributed by atoms with Crippen LogP contribution in [0.3, 0.4) is 0 Å². The zero-order valence-electron chi connectivity index (χ0n) is 19.6. The molecule has 1 saturated heterocycles. The number of halogens is 3. The molecule has 0 aliphatic carbocycles. The molecule has 4 rings (SSSR count). The zero-order chi connectivity index (χ0) is 26.9. The number of nitrogens with zero attached hydrogens (tertiary/aromatic N) is 3. The summed E-state index contributed by atoms with van der Waals surface area (Å²) in [5.41, 5.74) is 7.40. The number of thiol groups is 1. The fraction of sp³-hybridized carbons (Fsp3) is 0.200. The molecular weight excluding hydrogens is 691 g/mol. The minimum absolute atomic E-state index is 0.0458. The molecule has 37 heavy (non-hydrogen) atoms. The van der Waals surface area contributed by atoms with E-state index in [1.54, 1.807) is 53.4 Å². The average Bonchev–Trinajstić information content (AvgIpc) is 2.91. The lowest BCUT2D eigenvalue weighted by molar-refractivity contribution is -0.127. The summed E-state index contributed by atoms with van der Waals surface area (Å²) in [5, 5.41) is 12.8. The van der Waals surface area contributed by atoms with Gasteiger partial charge in [0.05, 0.1) is 15.8 Å². The number of rotatable bonds is 7. The van der Waals surface area contributed by atoms with E-state index in [9.17, 15) is 4.79 Å². The van der Waals surface area contributed by atoms with E-state index in [1.165, 1.54) is 6.33 Å². The molecule has 1 aromatic heterocycles. The van der Waals surface area contributed by atoms with E-state index in [2.05, 4.69) is 47.6 Å². The van der Waals surface area contributed by atoms with Crippen LogP contribution in [-0.4, -0.2) is 45.6 Å². The molecule has 0 saturated carbocycles. The van der Waals surface area contributed by atoms with E-state index < -0.39 is 0 Å². The minimum Gasteiger partial charge on any atom is -0.457 e. The van der Waals surface area contributed by atoms with Crippen molar-refractivity contribution in [1.29, 1.82) is 5.41 Å². The van der Waals surface area contributed by atoms with Gasteiger partial charge in [0.25, 0.3) is 5.91 Å². The highest BCUT2D eigenvalue weighted by Crippen LogP contribution is 2.27. The van der Waals surface area contributed by atoms with Crippen LogP contribution < -0.4 is 15.8 Å². The van der Waals surface area contributed by atoms with E-state index in [4.69, 9.17) is 27.5 Å². The van der Waals surface area contributed by atoms with Crippen LogP contribution in [0.2, 0.25) is 5.02 Å². The summed E-state index contributed by atoms with van der Waals surface area (Å²) in [6, 6.07) is 14.2. The number of carbonyl (C=O) groups is 1. The van der Waals surface area contributed by atoms with Gasteiger partial charge in [-0.3, -0.25) is 10.2 Å². The fourth-order valence-electron chi connectivity index (χ4n) is 3.87. The lowest BCUT2D eigenvalue weighted by Crippen LogP contribution is -2.45. The number of hydrogen-bond acceptors (Lipinski definition) is 8. The van der Waals surface area contributed by atoms with Crippen LogP contribution in [0, 0.1) is 5.41 Å². The first-order chi connectivity index (χ1) is 17.8. The lowest BCUT2D eigenvalue weighted by Gasteiger charge is -2.33. The van der Waals surface area contributed by atoms with E-state index >= 15 is 0 Å². The third-order valence-corrected chi connectivity index (χ3v) is 6.19. The normalized spacial score (nSPS) is 14.7. The Bertz CT molecular complexity index is 1260. The van der Waals surface area contributed by atoms with Crippen molar-refractivity contribution >= 4 is 81.8 Å². The van der Waals surface area contributed by atoms with Crippen LogP contribution in [0.25, 0.3) is 0 Å². The first-order valence-corrected chi connectivity index (χ1v) is 15.5. The second-order valence-corrected chi connectivity index (χ2v) is 9.47. The van der Waals surface area contributed by atoms with Crippen molar-refractivity contribution in [3.05, 3.63) is 82.1 Å². The number of nitrogen functional groups attached to an aromatic ring is 1. The third-order valence-electron chi connectivity index (χ3n) is 5.60. The zero-order valence-corrected chi connectivity index (χ0v) is 25.0. The fourth-order valence-corrected chi connectivity index (χ4v) is 4.25. The maximum atomic E-state index is 12.3. The molecule has 8 nitrogen and oxygen atoms in total. The maximum absolute atomic E-state index is 12.3. The number of likely N-dealkylation sites (tertiary alicyclic amines) is 1. The number of hydrogen-bond donors (Lipinski definition) is 4. The van der Waals surface area contributed by atoms with Crippen molar-refractivity contribution in [2.75, 3.05) is 24.1 Å². The number of anilines is 2. The highest BCUT2D eigenvalue weighted by molar-refractivity contribution is 14.2. The second-order valence-electron chi connectivity index (χ2n) is 8.08. The molecule has 3 aromatic rings. The smallest absolute Gasteiger partial charge is 0.260 e. The van der Waals surface area contributed by atoms with Crippen LogP contribution in [0.15, 0.2) is 65.9 Å². The molecule has 1 unspecified atom stereocenters. The van der Waals surface area contributed by atoms with Gasteiger partial charge < -0.3 is 20.7 Å². The van der Waals surface area contributed by atoms with Gasteiger partial charge >= 0.3 is 0 Å². The van der Waals surface area contributed by atoms with Crippen molar-refractivity contribution in [1.82, 2.24) is 14.9 Å². The summed E-state index contributed by atoms with van der Waals surface area (Å²) in [5.74, 6) is 1.81. The summed E-state index contributed by atoms with van der Waals surface area (Å²) in [6.45, 7) is 4.84. The van der Waals surface area contributed by atoms with Gasteiger partial charge in [-0.1, -0.05) is 18.2 Å². The van der Waals surface area contributed by atoms with Crippen LogP contribution in [0.4, 0.5) is 11.6 Å².